The summed E-state index contributed by atoms with van der Waals surface area (Å²) in [5.74, 6) is 0. The molecule has 8 heteroatoms. The second-order valence-electron chi connectivity index (χ2n) is 5.63. The summed E-state index contributed by atoms with van der Waals surface area (Å²) in [5.41, 5.74) is 0.943. The number of rotatable bonds is 5. The fraction of sp³-hybridized carbons (Fsp3) is 0.467. The Morgan fingerprint density at radius 2 is 1.70 bits per heavy atom. The average molecular weight is 324 g/mol. The van der Waals surface area contributed by atoms with E-state index in [0.29, 0.717) is 11.0 Å². The number of aliphatic hydroxyl groups excluding tert-OH is 4. The number of nitrogens with one attached hydrogen (secondary N) is 1. The summed E-state index contributed by atoms with van der Waals surface area (Å²) >= 11 is 0. The largest absolute Gasteiger partial charge is 0.394 e. The van der Waals surface area contributed by atoms with Crippen molar-refractivity contribution in [1.82, 2.24) is 9.55 Å². The first-order valence-corrected chi connectivity index (χ1v) is 7.15. The quantitative estimate of drug-likeness (QED) is 0.420. The van der Waals surface area contributed by atoms with E-state index in [-0.39, 0.29) is 6.54 Å². The number of aliphatic hydroxyl groups is 4. The summed E-state index contributed by atoms with van der Waals surface area (Å²) in [6.07, 6.45) is -4.72. The third-order valence-electron chi connectivity index (χ3n) is 3.94. The molecule has 0 bridgehead atoms. The predicted octanol–water partition coefficient (Wildman–Crippen LogP) is -1.62. The van der Waals surface area contributed by atoms with Crippen molar-refractivity contribution in [2.24, 2.45) is 0 Å². The maximum absolute atomic E-state index is 12.1. The lowest BCUT2D eigenvalue weighted by Gasteiger charge is -2.22. The average Bonchev–Trinajstić information content (AvgIpc) is 2.52. The summed E-state index contributed by atoms with van der Waals surface area (Å²) in [6.45, 7) is 2.58. The van der Waals surface area contributed by atoms with Crippen molar-refractivity contribution in [3.8, 4) is 0 Å². The van der Waals surface area contributed by atoms with Gasteiger partial charge >= 0.3 is 11.1 Å². The molecule has 0 radical (unpaired) electrons. The smallest absolute Gasteiger partial charge is 0.316 e. The van der Waals surface area contributed by atoms with Crippen LogP contribution in [0.3, 0.4) is 0 Å². The van der Waals surface area contributed by atoms with Gasteiger partial charge in [0.1, 0.15) is 18.3 Å². The van der Waals surface area contributed by atoms with Crippen LogP contribution in [-0.2, 0) is 6.54 Å². The molecule has 3 unspecified atom stereocenters. The number of fused-ring (bicyclic) bond motifs is 1. The summed E-state index contributed by atoms with van der Waals surface area (Å²) in [5, 5.41) is 37.9. The zero-order valence-electron chi connectivity index (χ0n) is 12.9. The number of hydrogen-bond donors (Lipinski definition) is 5. The van der Waals surface area contributed by atoms with Crippen molar-refractivity contribution in [3.63, 3.8) is 0 Å². The minimum atomic E-state index is -1.65. The van der Waals surface area contributed by atoms with Crippen LogP contribution >= 0.6 is 0 Å². The van der Waals surface area contributed by atoms with Gasteiger partial charge in [-0.2, -0.15) is 0 Å². The van der Waals surface area contributed by atoms with Gasteiger partial charge in [-0.05, 0) is 37.1 Å². The Morgan fingerprint density at radius 1 is 1.09 bits per heavy atom. The molecule has 8 nitrogen and oxygen atoms in total. The van der Waals surface area contributed by atoms with Gasteiger partial charge in [0.15, 0.2) is 0 Å². The molecule has 0 aliphatic rings. The van der Waals surface area contributed by atoms with Gasteiger partial charge in [0.05, 0.1) is 24.2 Å². The lowest BCUT2D eigenvalue weighted by atomic mass is 10.1. The van der Waals surface area contributed by atoms with E-state index in [4.69, 9.17) is 5.11 Å². The molecule has 2 aromatic rings. The van der Waals surface area contributed by atoms with Crippen molar-refractivity contribution in [3.05, 3.63) is 44.0 Å². The standard InChI is InChI=1S/C15H20N2O6/c1-7-3-9-10(4-8(7)2)17(15(23)14(22)16-9)5-11(19)13(21)12(20)6-18/h3-4,11-13,18-21H,5-6H2,1-2H3,(H,16,22). The molecule has 0 spiro atoms. The molecule has 0 aliphatic carbocycles. The van der Waals surface area contributed by atoms with Gasteiger partial charge in [-0.15, -0.1) is 0 Å². The van der Waals surface area contributed by atoms with Crippen molar-refractivity contribution < 1.29 is 20.4 Å². The van der Waals surface area contributed by atoms with Crippen LogP contribution in [0.15, 0.2) is 21.7 Å². The van der Waals surface area contributed by atoms with Crippen LogP contribution in [0.1, 0.15) is 11.1 Å². The van der Waals surface area contributed by atoms with Gasteiger partial charge < -0.3 is 25.4 Å². The molecule has 23 heavy (non-hydrogen) atoms. The van der Waals surface area contributed by atoms with E-state index in [0.717, 1.165) is 15.7 Å². The Labute approximate surface area is 131 Å². The van der Waals surface area contributed by atoms with Crippen LogP contribution in [0.2, 0.25) is 0 Å². The normalized spacial score (nSPS) is 15.6. The predicted molar refractivity (Wildman–Crippen MR) is 83.4 cm³/mol. The van der Waals surface area contributed by atoms with Crippen LogP contribution < -0.4 is 11.1 Å². The molecular weight excluding hydrogens is 304 g/mol. The molecule has 0 saturated heterocycles. The summed E-state index contributed by atoms with van der Waals surface area (Å²) < 4.78 is 1.05. The number of hydrogen-bond acceptors (Lipinski definition) is 6. The van der Waals surface area contributed by atoms with Gasteiger partial charge in [-0.25, -0.2) is 0 Å². The van der Waals surface area contributed by atoms with Crippen molar-refractivity contribution in [2.45, 2.75) is 38.7 Å². The minimum absolute atomic E-state index is 0.389. The Hall–Kier alpha value is -2.00. The molecule has 0 saturated carbocycles. The molecule has 0 fully saturated rings. The maximum Gasteiger partial charge on any atom is 0.316 e. The first kappa shape index (κ1) is 17.4. The second kappa shape index (κ2) is 6.63. The molecule has 0 aliphatic heterocycles. The molecule has 126 valence electrons. The Morgan fingerprint density at radius 3 is 2.30 bits per heavy atom. The lowest BCUT2D eigenvalue weighted by Crippen LogP contribution is -2.45. The number of nitrogens with zero attached hydrogens (tertiary/aromatic N) is 1. The molecule has 1 aromatic heterocycles. The van der Waals surface area contributed by atoms with E-state index in [1.165, 1.54) is 0 Å². The third-order valence-corrected chi connectivity index (χ3v) is 3.94. The Kier molecular flexibility index (Phi) is 5.00. The van der Waals surface area contributed by atoms with E-state index in [2.05, 4.69) is 4.98 Å². The van der Waals surface area contributed by atoms with Crippen molar-refractivity contribution in [2.75, 3.05) is 6.61 Å². The van der Waals surface area contributed by atoms with Gasteiger partial charge in [0, 0.05) is 0 Å². The molecule has 1 heterocycles. The summed E-state index contributed by atoms with van der Waals surface area (Å²) in [6, 6.07) is 3.41. The molecule has 3 atom stereocenters. The highest BCUT2D eigenvalue weighted by molar-refractivity contribution is 5.76. The van der Waals surface area contributed by atoms with E-state index < -0.39 is 36.0 Å². The van der Waals surface area contributed by atoms with E-state index >= 15 is 0 Å². The SMILES string of the molecule is Cc1cc2[nH]c(=O)c(=O)n(CC(O)C(O)C(O)CO)c2cc1C. The monoisotopic (exact) mass is 324 g/mol. The van der Waals surface area contributed by atoms with Gasteiger partial charge in [0.25, 0.3) is 0 Å². The lowest BCUT2D eigenvalue weighted by molar-refractivity contribution is -0.0805. The van der Waals surface area contributed by atoms with Crippen LogP contribution in [0.4, 0.5) is 0 Å². The zero-order valence-corrected chi connectivity index (χ0v) is 12.9. The molecule has 2 rings (SSSR count). The van der Waals surface area contributed by atoms with Gasteiger partial charge in [-0.3, -0.25) is 14.2 Å². The van der Waals surface area contributed by atoms with Gasteiger partial charge in [-0.1, -0.05) is 0 Å². The molecule has 0 amide bonds. The number of aromatic nitrogens is 2. The highest BCUT2D eigenvalue weighted by Crippen LogP contribution is 2.16. The highest BCUT2D eigenvalue weighted by atomic mass is 16.4. The van der Waals surface area contributed by atoms with Crippen LogP contribution in [0, 0.1) is 13.8 Å². The van der Waals surface area contributed by atoms with E-state index in [9.17, 15) is 24.9 Å². The number of aromatic amines is 1. The number of H-pyrrole nitrogens is 1. The van der Waals surface area contributed by atoms with E-state index in [1.54, 1.807) is 12.1 Å². The molecular formula is C15H20N2O6. The minimum Gasteiger partial charge on any atom is -0.394 e. The second-order valence-corrected chi connectivity index (χ2v) is 5.63. The zero-order chi connectivity index (χ0) is 17.3. The molecule has 1 aromatic carbocycles. The van der Waals surface area contributed by atoms with Crippen LogP contribution in [0.25, 0.3) is 11.0 Å². The van der Waals surface area contributed by atoms with Crippen molar-refractivity contribution in [1.29, 1.82) is 0 Å². The fourth-order valence-electron chi connectivity index (χ4n) is 2.37. The Balaban J connectivity index is 2.55. The fourth-order valence-corrected chi connectivity index (χ4v) is 2.37. The topological polar surface area (TPSA) is 136 Å². The summed E-state index contributed by atoms with van der Waals surface area (Å²) in [7, 11) is 0. The Bertz CT molecular complexity index is 825. The van der Waals surface area contributed by atoms with Crippen molar-refractivity contribution >= 4 is 11.0 Å². The number of aryl methyl sites for hydroxylation is 2. The third kappa shape index (κ3) is 3.35. The highest BCUT2D eigenvalue weighted by Gasteiger charge is 2.25. The first-order chi connectivity index (χ1) is 10.8. The maximum atomic E-state index is 12.1. The van der Waals surface area contributed by atoms with E-state index in [1.807, 2.05) is 13.8 Å². The molecule has 5 N–H and O–H groups in total. The summed E-state index contributed by atoms with van der Waals surface area (Å²) in [4.78, 5) is 26.3. The first-order valence-electron chi connectivity index (χ1n) is 7.15. The van der Waals surface area contributed by atoms with Crippen LogP contribution in [-0.4, -0.2) is 54.9 Å². The van der Waals surface area contributed by atoms with Gasteiger partial charge in [0.2, 0.25) is 0 Å². The van der Waals surface area contributed by atoms with Crippen LogP contribution in [0.5, 0.6) is 0 Å². The number of benzene rings is 1.